The third-order valence-electron chi connectivity index (χ3n) is 5.96. The molecule has 0 N–H and O–H groups in total. The molecule has 0 aromatic carbocycles. The number of cyclic esters (lactones) is 1. The van der Waals surface area contributed by atoms with Crippen molar-refractivity contribution < 1.29 is 19.1 Å². The normalized spacial score (nSPS) is 44.9. The van der Waals surface area contributed by atoms with Crippen LogP contribution in [0, 0.1) is 11.8 Å². The SMILES string of the molecule is CC1=C[C@@H]([C@@H]2CC[C@H]3[C@H]4C(C)C(=O)O[C@@H]4CCCN32)OC1=O. The average Bonchev–Trinajstić information content (AvgIpc) is 3.07. The summed E-state index contributed by atoms with van der Waals surface area (Å²) < 4.78 is 11.1. The van der Waals surface area contributed by atoms with Crippen molar-refractivity contribution in [2.24, 2.45) is 11.8 Å². The summed E-state index contributed by atoms with van der Waals surface area (Å²) in [6.07, 6.45) is 6.01. The van der Waals surface area contributed by atoms with Crippen LogP contribution in [-0.4, -0.2) is 47.7 Å². The fourth-order valence-corrected chi connectivity index (χ4v) is 4.89. The molecule has 3 fully saturated rings. The first-order valence-corrected chi connectivity index (χ1v) is 8.42. The Labute approximate surface area is 130 Å². The van der Waals surface area contributed by atoms with Gasteiger partial charge in [-0.05, 0) is 45.2 Å². The van der Waals surface area contributed by atoms with Crippen molar-refractivity contribution in [2.45, 2.75) is 63.8 Å². The van der Waals surface area contributed by atoms with E-state index in [1.807, 2.05) is 19.9 Å². The topological polar surface area (TPSA) is 55.8 Å². The molecule has 0 amide bonds. The zero-order chi connectivity index (χ0) is 15.4. The molecule has 4 aliphatic rings. The summed E-state index contributed by atoms with van der Waals surface area (Å²) >= 11 is 0. The molecule has 1 unspecified atom stereocenters. The van der Waals surface area contributed by atoms with Crippen LogP contribution in [0.1, 0.15) is 39.5 Å². The molecule has 0 saturated carbocycles. The van der Waals surface area contributed by atoms with Gasteiger partial charge in [-0.1, -0.05) is 6.92 Å². The van der Waals surface area contributed by atoms with Crippen molar-refractivity contribution in [3.8, 4) is 0 Å². The van der Waals surface area contributed by atoms with E-state index in [9.17, 15) is 9.59 Å². The Morgan fingerprint density at radius 3 is 2.64 bits per heavy atom. The van der Waals surface area contributed by atoms with Crippen LogP contribution in [0.2, 0.25) is 0 Å². The number of fused-ring (bicyclic) bond motifs is 3. The number of esters is 2. The first-order chi connectivity index (χ1) is 10.6. The molecule has 4 aliphatic heterocycles. The van der Waals surface area contributed by atoms with E-state index in [4.69, 9.17) is 9.47 Å². The molecule has 0 aromatic heterocycles. The first kappa shape index (κ1) is 14.2. The third kappa shape index (κ3) is 2.02. The molecule has 0 aromatic rings. The van der Waals surface area contributed by atoms with E-state index in [1.54, 1.807) is 0 Å². The van der Waals surface area contributed by atoms with Crippen molar-refractivity contribution in [2.75, 3.05) is 6.54 Å². The summed E-state index contributed by atoms with van der Waals surface area (Å²) in [7, 11) is 0. The van der Waals surface area contributed by atoms with Crippen LogP contribution in [0.5, 0.6) is 0 Å². The number of carbonyl (C=O) groups is 2. The van der Waals surface area contributed by atoms with E-state index in [1.165, 1.54) is 0 Å². The number of nitrogens with zero attached hydrogens (tertiary/aromatic N) is 1. The van der Waals surface area contributed by atoms with Crippen LogP contribution in [-0.2, 0) is 19.1 Å². The molecule has 0 bridgehead atoms. The average molecular weight is 305 g/mol. The second kappa shape index (κ2) is 5.08. The van der Waals surface area contributed by atoms with Gasteiger partial charge in [-0.3, -0.25) is 9.69 Å². The lowest BCUT2D eigenvalue weighted by molar-refractivity contribution is -0.144. The summed E-state index contributed by atoms with van der Waals surface area (Å²) in [6.45, 7) is 4.83. The minimum atomic E-state index is -0.186. The fraction of sp³-hybridized carbons (Fsp3) is 0.765. The van der Waals surface area contributed by atoms with Crippen molar-refractivity contribution in [1.82, 2.24) is 4.90 Å². The van der Waals surface area contributed by atoms with Crippen LogP contribution >= 0.6 is 0 Å². The van der Waals surface area contributed by atoms with Gasteiger partial charge in [0, 0.05) is 17.5 Å². The van der Waals surface area contributed by atoms with E-state index < -0.39 is 0 Å². The maximum atomic E-state index is 11.9. The van der Waals surface area contributed by atoms with Gasteiger partial charge < -0.3 is 9.47 Å². The largest absolute Gasteiger partial charge is 0.462 e. The van der Waals surface area contributed by atoms with Crippen LogP contribution in [0.3, 0.4) is 0 Å². The standard InChI is InChI=1S/C17H23NO4/c1-9-8-14(22-16(9)19)11-5-6-12-15-10(2)17(20)21-13(15)4-3-7-18(11)12/h8,10-15H,3-7H2,1-2H3/t10?,11-,12-,13+,14-,15+/m0/s1. The second-order valence-corrected chi connectivity index (χ2v) is 7.15. The van der Waals surface area contributed by atoms with Gasteiger partial charge in [-0.15, -0.1) is 0 Å². The Morgan fingerprint density at radius 1 is 1.14 bits per heavy atom. The van der Waals surface area contributed by atoms with Crippen LogP contribution in [0.4, 0.5) is 0 Å². The predicted octanol–water partition coefficient (Wildman–Crippen LogP) is 1.66. The van der Waals surface area contributed by atoms with Crippen LogP contribution in [0.25, 0.3) is 0 Å². The smallest absolute Gasteiger partial charge is 0.334 e. The van der Waals surface area contributed by atoms with E-state index in [0.717, 1.165) is 32.2 Å². The fourth-order valence-electron chi connectivity index (χ4n) is 4.89. The molecule has 0 spiro atoms. The lowest BCUT2D eigenvalue weighted by Gasteiger charge is -2.34. The van der Waals surface area contributed by atoms with Crippen molar-refractivity contribution in [3.05, 3.63) is 11.6 Å². The van der Waals surface area contributed by atoms with E-state index in [-0.39, 0.29) is 36.1 Å². The third-order valence-corrected chi connectivity index (χ3v) is 5.96. The molecule has 120 valence electrons. The lowest BCUT2D eigenvalue weighted by Crippen LogP contribution is -2.46. The number of carbonyl (C=O) groups excluding carboxylic acids is 2. The molecule has 4 rings (SSSR count). The quantitative estimate of drug-likeness (QED) is 0.690. The Kier molecular flexibility index (Phi) is 3.29. The van der Waals surface area contributed by atoms with Gasteiger partial charge in [0.2, 0.25) is 0 Å². The van der Waals surface area contributed by atoms with Gasteiger partial charge >= 0.3 is 11.9 Å². The number of hydrogen-bond donors (Lipinski definition) is 0. The maximum Gasteiger partial charge on any atom is 0.334 e. The zero-order valence-corrected chi connectivity index (χ0v) is 13.2. The Balaban J connectivity index is 1.58. The number of hydrogen-bond acceptors (Lipinski definition) is 5. The van der Waals surface area contributed by atoms with Crippen LogP contribution < -0.4 is 0 Å². The summed E-state index contributed by atoms with van der Waals surface area (Å²) in [6, 6.07) is 0.639. The Morgan fingerprint density at radius 2 is 1.91 bits per heavy atom. The van der Waals surface area contributed by atoms with E-state index in [2.05, 4.69) is 4.90 Å². The molecular formula is C17H23NO4. The monoisotopic (exact) mass is 305 g/mol. The molecule has 0 radical (unpaired) electrons. The molecule has 0 aliphatic carbocycles. The highest BCUT2D eigenvalue weighted by Crippen LogP contribution is 2.44. The second-order valence-electron chi connectivity index (χ2n) is 7.15. The predicted molar refractivity (Wildman–Crippen MR) is 78.9 cm³/mol. The number of ether oxygens (including phenoxy) is 2. The molecule has 3 saturated heterocycles. The van der Waals surface area contributed by atoms with Gasteiger partial charge in [0.1, 0.15) is 12.2 Å². The zero-order valence-electron chi connectivity index (χ0n) is 13.2. The van der Waals surface area contributed by atoms with Crippen molar-refractivity contribution >= 4 is 11.9 Å². The van der Waals surface area contributed by atoms with E-state index in [0.29, 0.717) is 17.5 Å². The molecule has 6 atom stereocenters. The van der Waals surface area contributed by atoms with Crippen LogP contribution in [0.15, 0.2) is 11.6 Å². The number of rotatable bonds is 1. The van der Waals surface area contributed by atoms with Gasteiger partial charge in [-0.25, -0.2) is 4.79 Å². The summed E-state index contributed by atoms with van der Waals surface area (Å²) in [4.78, 5) is 26.1. The summed E-state index contributed by atoms with van der Waals surface area (Å²) in [5, 5.41) is 0. The minimum absolute atomic E-state index is 0.0160. The van der Waals surface area contributed by atoms with Crippen molar-refractivity contribution in [3.63, 3.8) is 0 Å². The Bertz CT molecular complexity index is 543. The van der Waals surface area contributed by atoms with Gasteiger partial charge in [0.15, 0.2) is 0 Å². The highest BCUT2D eigenvalue weighted by molar-refractivity contribution is 5.90. The Hall–Kier alpha value is -1.36. The highest BCUT2D eigenvalue weighted by atomic mass is 16.6. The van der Waals surface area contributed by atoms with Crippen molar-refractivity contribution in [1.29, 1.82) is 0 Å². The van der Waals surface area contributed by atoms with Gasteiger partial charge in [0.05, 0.1) is 12.0 Å². The lowest BCUT2D eigenvalue weighted by atomic mass is 9.83. The van der Waals surface area contributed by atoms with Gasteiger partial charge in [0.25, 0.3) is 0 Å². The molecular weight excluding hydrogens is 282 g/mol. The molecule has 4 heterocycles. The van der Waals surface area contributed by atoms with E-state index >= 15 is 0 Å². The summed E-state index contributed by atoms with van der Waals surface area (Å²) in [5.74, 6) is 0.0529. The molecule has 5 nitrogen and oxygen atoms in total. The molecule has 22 heavy (non-hydrogen) atoms. The maximum absolute atomic E-state index is 11.9. The highest BCUT2D eigenvalue weighted by Gasteiger charge is 2.53. The minimum Gasteiger partial charge on any atom is -0.462 e. The summed E-state index contributed by atoms with van der Waals surface area (Å²) in [5.41, 5.74) is 0.717. The van der Waals surface area contributed by atoms with Gasteiger partial charge in [-0.2, -0.15) is 0 Å². The first-order valence-electron chi connectivity index (χ1n) is 8.42. The molecule has 5 heteroatoms.